The van der Waals surface area contributed by atoms with Gasteiger partial charge < -0.3 is 14.5 Å². The van der Waals surface area contributed by atoms with Crippen LogP contribution >= 0.6 is 0 Å². The van der Waals surface area contributed by atoms with Crippen LogP contribution in [-0.2, 0) is 20.7 Å². The molecule has 0 aliphatic heterocycles. The SMILES string of the molecule is C[C@H](OC(=O)/C=C/c1nc2ccccc2o1)C(=O)NCCc1ccccc1. The van der Waals surface area contributed by atoms with E-state index in [2.05, 4.69) is 10.3 Å². The first-order chi connectivity index (χ1) is 13.1. The maximum Gasteiger partial charge on any atom is 0.331 e. The van der Waals surface area contributed by atoms with Gasteiger partial charge in [0.05, 0.1) is 0 Å². The van der Waals surface area contributed by atoms with Crippen molar-refractivity contribution >= 4 is 29.1 Å². The molecule has 1 N–H and O–H groups in total. The number of rotatable bonds is 7. The highest BCUT2D eigenvalue weighted by molar-refractivity contribution is 5.90. The van der Waals surface area contributed by atoms with Crippen LogP contribution in [0.4, 0.5) is 0 Å². The van der Waals surface area contributed by atoms with Gasteiger partial charge in [-0.25, -0.2) is 9.78 Å². The second-order valence-corrected chi connectivity index (χ2v) is 5.96. The number of nitrogens with zero attached hydrogens (tertiary/aromatic N) is 1. The Morgan fingerprint density at radius 1 is 1.15 bits per heavy atom. The summed E-state index contributed by atoms with van der Waals surface area (Å²) in [5.74, 6) is -0.675. The van der Waals surface area contributed by atoms with Crippen molar-refractivity contribution in [2.45, 2.75) is 19.4 Å². The third-order valence-corrected chi connectivity index (χ3v) is 3.89. The summed E-state index contributed by atoms with van der Waals surface area (Å²) in [4.78, 5) is 28.1. The van der Waals surface area contributed by atoms with Crippen LogP contribution in [0, 0.1) is 0 Å². The fourth-order valence-corrected chi connectivity index (χ4v) is 2.49. The Kier molecular flexibility index (Phi) is 5.99. The summed E-state index contributed by atoms with van der Waals surface area (Å²) < 4.78 is 10.6. The van der Waals surface area contributed by atoms with E-state index >= 15 is 0 Å². The van der Waals surface area contributed by atoms with Crippen LogP contribution in [0.15, 0.2) is 65.1 Å². The molecule has 0 aliphatic rings. The first kappa shape index (κ1) is 18.4. The fraction of sp³-hybridized carbons (Fsp3) is 0.190. The lowest BCUT2D eigenvalue weighted by Crippen LogP contribution is -2.36. The van der Waals surface area contributed by atoms with Gasteiger partial charge in [-0.3, -0.25) is 4.79 Å². The molecule has 1 heterocycles. The van der Waals surface area contributed by atoms with Crippen molar-refractivity contribution < 1.29 is 18.7 Å². The van der Waals surface area contributed by atoms with Gasteiger partial charge in [-0.1, -0.05) is 42.5 Å². The van der Waals surface area contributed by atoms with Crippen molar-refractivity contribution in [1.29, 1.82) is 0 Å². The maximum absolute atomic E-state index is 12.0. The summed E-state index contributed by atoms with van der Waals surface area (Å²) in [5.41, 5.74) is 2.47. The standard InChI is InChI=1S/C21H20N2O4/c1-15(21(25)22-14-13-16-7-3-2-4-8-16)26-20(24)12-11-19-23-17-9-5-6-10-18(17)27-19/h2-12,15H,13-14H2,1H3,(H,22,25)/b12-11+/t15-/m0/s1. The summed E-state index contributed by atoms with van der Waals surface area (Å²) >= 11 is 0. The molecular weight excluding hydrogens is 344 g/mol. The number of aromatic nitrogens is 1. The molecular formula is C21H20N2O4. The highest BCUT2D eigenvalue weighted by Gasteiger charge is 2.16. The first-order valence-corrected chi connectivity index (χ1v) is 8.68. The molecule has 0 aliphatic carbocycles. The Morgan fingerprint density at radius 2 is 1.89 bits per heavy atom. The molecule has 1 amide bonds. The lowest BCUT2D eigenvalue weighted by Gasteiger charge is -2.12. The van der Waals surface area contributed by atoms with E-state index in [-0.39, 0.29) is 5.91 Å². The van der Waals surface area contributed by atoms with Crippen molar-refractivity contribution in [3.63, 3.8) is 0 Å². The third kappa shape index (κ3) is 5.28. The van der Waals surface area contributed by atoms with Gasteiger partial charge in [0.1, 0.15) is 5.52 Å². The summed E-state index contributed by atoms with van der Waals surface area (Å²) in [6.45, 7) is 2.01. The number of amides is 1. The van der Waals surface area contributed by atoms with E-state index in [1.165, 1.54) is 19.1 Å². The molecule has 6 heteroatoms. The van der Waals surface area contributed by atoms with Crippen LogP contribution in [0.1, 0.15) is 18.4 Å². The van der Waals surface area contributed by atoms with E-state index in [0.29, 0.717) is 30.0 Å². The van der Waals surface area contributed by atoms with E-state index in [9.17, 15) is 9.59 Å². The van der Waals surface area contributed by atoms with Crippen molar-refractivity contribution in [3.8, 4) is 0 Å². The lowest BCUT2D eigenvalue weighted by molar-refractivity contribution is -0.150. The van der Waals surface area contributed by atoms with Gasteiger partial charge in [0.25, 0.3) is 5.91 Å². The maximum atomic E-state index is 12.0. The largest absolute Gasteiger partial charge is 0.449 e. The lowest BCUT2D eigenvalue weighted by atomic mass is 10.1. The number of ether oxygens (including phenoxy) is 1. The molecule has 0 unspecified atom stereocenters. The molecule has 0 saturated heterocycles. The summed E-state index contributed by atoms with van der Waals surface area (Å²) in [6.07, 6.45) is 2.44. The third-order valence-electron chi connectivity index (χ3n) is 3.89. The second kappa shape index (κ2) is 8.80. The zero-order valence-electron chi connectivity index (χ0n) is 14.9. The molecule has 1 aromatic heterocycles. The van der Waals surface area contributed by atoms with Gasteiger partial charge in [-0.05, 0) is 31.0 Å². The number of benzene rings is 2. The second-order valence-electron chi connectivity index (χ2n) is 5.96. The summed E-state index contributed by atoms with van der Waals surface area (Å²) in [6, 6.07) is 17.1. The minimum atomic E-state index is -0.887. The van der Waals surface area contributed by atoms with Crippen molar-refractivity contribution in [2.24, 2.45) is 0 Å². The van der Waals surface area contributed by atoms with Crippen molar-refractivity contribution in [1.82, 2.24) is 10.3 Å². The van der Waals surface area contributed by atoms with E-state index in [1.54, 1.807) is 6.07 Å². The van der Waals surface area contributed by atoms with E-state index in [4.69, 9.17) is 9.15 Å². The van der Waals surface area contributed by atoms with Gasteiger partial charge in [0, 0.05) is 18.7 Å². The molecule has 0 bridgehead atoms. The molecule has 0 radical (unpaired) electrons. The van der Waals surface area contributed by atoms with E-state index in [1.807, 2.05) is 48.5 Å². The van der Waals surface area contributed by atoms with Gasteiger partial charge in [0.2, 0.25) is 5.89 Å². The van der Waals surface area contributed by atoms with Crippen LogP contribution < -0.4 is 5.32 Å². The predicted octanol–water partition coefficient (Wildman–Crippen LogP) is 3.13. The molecule has 2 aromatic carbocycles. The van der Waals surface area contributed by atoms with Crippen LogP contribution in [0.3, 0.4) is 0 Å². The zero-order chi connectivity index (χ0) is 19.1. The van der Waals surface area contributed by atoms with E-state index < -0.39 is 12.1 Å². The van der Waals surface area contributed by atoms with Crippen LogP contribution in [0.2, 0.25) is 0 Å². The Bertz CT molecular complexity index is 914. The van der Waals surface area contributed by atoms with Crippen LogP contribution in [0.5, 0.6) is 0 Å². The number of oxazole rings is 1. The van der Waals surface area contributed by atoms with Crippen molar-refractivity contribution in [2.75, 3.05) is 6.54 Å². The number of fused-ring (bicyclic) bond motifs is 1. The van der Waals surface area contributed by atoms with Crippen molar-refractivity contribution in [3.05, 3.63) is 72.1 Å². The Balaban J connectivity index is 1.45. The molecule has 1 atom stereocenters. The Hall–Kier alpha value is -3.41. The minimum absolute atomic E-state index is 0.299. The normalized spacial score (nSPS) is 12.2. The zero-order valence-corrected chi connectivity index (χ0v) is 14.9. The monoisotopic (exact) mass is 364 g/mol. The average molecular weight is 364 g/mol. The van der Waals surface area contributed by atoms with Gasteiger partial charge >= 0.3 is 5.97 Å². The molecule has 6 nitrogen and oxygen atoms in total. The van der Waals surface area contributed by atoms with Crippen LogP contribution in [0.25, 0.3) is 17.2 Å². The van der Waals surface area contributed by atoms with Crippen LogP contribution in [-0.4, -0.2) is 29.5 Å². The number of para-hydroxylation sites is 2. The quantitative estimate of drug-likeness (QED) is 0.514. The predicted molar refractivity (Wildman–Crippen MR) is 102 cm³/mol. The fourth-order valence-electron chi connectivity index (χ4n) is 2.49. The topological polar surface area (TPSA) is 81.4 Å². The molecule has 0 spiro atoms. The minimum Gasteiger partial charge on any atom is -0.449 e. The number of hydrogen-bond acceptors (Lipinski definition) is 5. The molecule has 138 valence electrons. The Labute approximate surface area is 156 Å². The first-order valence-electron chi connectivity index (χ1n) is 8.68. The number of carbonyl (C=O) groups is 2. The average Bonchev–Trinajstić information content (AvgIpc) is 3.10. The molecule has 3 aromatic rings. The Morgan fingerprint density at radius 3 is 2.67 bits per heavy atom. The van der Waals surface area contributed by atoms with Gasteiger partial charge in [-0.15, -0.1) is 0 Å². The number of nitrogens with one attached hydrogen (secondary N) is 1. The smallest absolute Gasteiger partial charge is 0.331 e. The molecule has 0 saturated carbocycles. The highest BCUT2D eigenvalue weighted by Crippen LogP contribution is 2.15. The highest BCUT2D eigenvalue weighted by atomic mass is 16.5. The number of carbonyl (C=O) groups excluding carboxylic acids is 2. The molecule has 27 heavy (non-hydrogen) atoms. The van der Waals surface area contributed by atoms with Gasteiger partial charge in [0.15, 0.2) is 11.7 Å². The number of esters is 1. The van der Waals surface area contributed by atoms with Gasteiger partial charge in [-0.2, -0.15) is 0 Å². The summed E-state index contributed by atoms with van der Waals surface area (Å²) in [7, 11) is 0. The molecule has 0 fully saturated rings. The molecule has 3 rings (SSSR count). The number of hydrogen-bond donors (Lipinski definition) is 1. The summed E-state index contributed by atoms with van der Waals surface area (Å²) in [5, 5.41) is 2.76. The van der Waals surface area contributed by atoms with E-state index in [0.717, 1.165) is 5.56 Å².